The highest BCUT2D eigenvalue weighted by Gasteiger charge is 2.28. The molecule has 1 saturated carbocycles. The summed E-state index contributed by atoms with van der Waals surface area (Å²) in [6, 6.07) is 1.17. The van der Waals surface area contributed by atoms with Gasteiger partial charge in [0.15, 0.2) is 0 Å². The van der Waals surface area contributed by atoms with Crippen LogP contribution in [0.15, 0.2) is 0 Å². The zero-order chi connectivity index (χ0) is 12.3. The van der Waals surface area contributed by atoms with Crippen molar-refractivity contribution in [3.05, 3.63) is 0 Å². The maximum atomic E-state index is 10.9. The third kappa shape index (κ3) is 3.68. The van der Waals surface area contributed by atoms with E-state index in [1.807, 2.05) is 0 Å². The zero-order valence-corrected chi connectivity index (χ0v) is 10.6. The molecular formula is C13H25N3O. The molecule has 4 heteroatoms. The fraction of sp³-hybridized carbons (Fsp3) is 0.923. The summed E-state index contributed by atoms with van der Waals surface area (Å²) in [6.07, 6.45) is 7.68. The lowest BCUT2D eigenvalue weighted by Gasteiger charge is -2.40. The van der Waals surface area contributed by atoms with E-state index in [1.54, 1.807) is 0 Å². The fourth-order valence-electron chi connectivity index (χ4n) is 3.27. The van der Waals surface area contributed by atoms with Crippen LogP contribution in [0, 0.1) is 5.92 Å². The summed E-state index contributed by atoms with van der Waals surface area (Å²) in [6.45, 7) is 2.27. The van der Waals surface area contributed by atoms with E-state index in [-0.39, 0.29) is 5.91 Å². The summed E-state index contributed by atoms with van der Waals surface area (Å²) in [4.78, 5) is 13.5. The molecule has 1 aliphatic carbocycles. The van der Waals surface area contributed by atoms with Crippen LogP contribution in [-0.2, 0) is 4.79 Å². The zero-order valence-electron chi connectivity index (χ0n) is 10.6. The number of piperidine rings is 1. The lowest BCUT2D eigenvalue weighted by molar-refractivity contribution is -0.119. The number of primary amides is 1. The third-order valence-corrected chi connectivity index (χ3v) is 4.40. The van der Waals surface area contributed by atoms with E-state index in [9.17, 15) is 4.79 Å². The molecule has 4 nitrogen and oxygen atoms in total. The molecule has 1 aliphatic heterocycles. The van der Waals surface area contributed by atoms with Gasteiger partial charge in [0.25, 0.3) is 0 Å². The van der Waals surface area contributed by atoms with E-state index in [4.69, 9.17) is 11.5 Å². The molecule has 2 aliphatic rings. The van der Waals surface area contributed by atoms with E-state index >= 15 is 0 Å². The number of carbonyl (C=O) groups excluding carboxylic acids is 1. The van der Waals surface area contributed by atoms with Crippen LogP contribution in [0.4, 0.5) is 0 Å². The number of nitrogens with two attached hydrogens (primary N) is 2. The van der Waals surface area contributed by atoms with Gasteiger partial charge in [0, 0.05) is 18.5 Å². The van der Waals surface area contributed by atoms with Gasteiger partial charge in [-0.2, -0.15) is 0 Å². The average Bonchev–Trinajstić information content (AvgIpc) is 2.30. The molecule has 0 aromatic rings. The molecule has 0 aromatic heterocycles. The van der Waals surface area contributed by atoms with Gasteiger partial charge in [-0.25, -0.2) is 0 Å². The van der Waals surface area contributed by atoms with Gasteiger partial charge in [-0.15, -0.1) is 0 Å². The van der Waals surface area contributed by atoms with Gasteiger partial charge in [-0.3, -0.25) is 4.79 Å². The first-order valence-corrected chi connectivity index (χ1v) is 6.93. The Bertz CT molecular complexity index is 253. The summed E-state index contributed by atoms with van der Waals surface area (Å²) in [5, 5.41) is 0. The minimum Gasteiger partial charge on any atom is -0.370 e. The highest BCUT2D eigenvalue weighted by molar-refractivity contribution is 5.73. The first kappa shape index (κ1) is 12.8. The second-order valence-corrected chi connectivity index (χ2v) is 5.72. The Morgan fingerprint density at radius 1 is 1.06 bits per heavy atom. The molecule has 2 rings (SSSR count). The number of carbonyl (C=O) groups is 1. The Balaban J connectivity index is 1.73. The molecular weight excluding hydrogens is 214 g/mol. The van der Waals surface area contributed by atoms with Crippen molar-refractivity contribution < 1.29 is 4.79 Å². The molecule has 1 amide bonds. The Morgan fingerprint density at radius 3 is 2.18 bits per heavy atom. The maximum absolute atomic E-state index is 10.9. The molecule has 0 bridgehead atoms. The standard InChI is InChI=1S/C13H25N3O/c14-11-1-3-12(4-2-11)16-7-5-10(6-8-16)9-13(15)17/h10-12H,1-9,14H2,(H2,15,17). The number of rotatable bonds is 3. The van der Waals surface area contributed by atoms with Gasteiger partial charge < -0.3 is 16.4 Å². The minimum absolute atomic E-state index is 0.146. The summed E-state index contributed by atoms with van der Waals surface area (Å²) in [5.41, 5.74) is 11.2. The molecule has 0 spiro atoms. The van der Waals surface area contributed by atoms with Crippen molar-refractivity contribution in [2.45, 2.75) is 57.0 Å². The van der Waals surface area contributed by atoms with Crippen molar-refractivity contribution in [2.75, 3.05) is 13.1 Å². The van der Waals surface area contributed by atoms with Crippen LogP contribution in [0.3, 0.4) is 0 Å². The summed E-state index contributed by atoms with van der Waals surface area (Å²) >= 11 is 0. The number of likely N-dealkylation sites (tertiary alicyclic amines) is 1. The van der Waals surface area contributed by atoms with Gasteiger partial charge in [0.05, 0.1) is 0 Å². The predicted octanol–water partition coefficient (Wildman–Crippen LogP) is 0.844. The molecule has 0 atom stereocenters. The first-order chi connectivity index (χ1) is 8.15. The van der Waals surface area contributed by atoms with Crippen LogP contribution in [0.5, 0.6) is 0 Å². The van der Waals surface area contributed by atoms with Crippen molar-refractivity contribution in [2.24, 2.45) is 17.4 Å². The van der Waals surface area contributed by atoms with Crippen LogP contribution < -0.4 is 11.5 Å². The van der Waals surface area contributed by atoms with Crippen molar-refractivity contribution in [1.29, 1.82) is 0 Å². The van der Waals surface area contributed by atoms with E-state index in [2.05, 4.69) is 4.90 Å². The maximum Gasteiger partial charge on any atom is 0.217 e. The molecule has 1 heterocycles. The monoisotopic (exact) mass is 239 g/mol. The van der Waals surface area contributed by atoms with Crippen molar-refractivity contribution in [3.63, 3.8) is 0 Å². The van der Waals surface area contributed by atoms with E-state index in [0.717, 1.165) is 32.0 Å². The van der Waals surface area contributed by atoms with Crippen LogP contribution in [0.25, 0.3) is 0 Å². The van der Waals surface area contributed by atoms with Crippen molar-refractivity contribution in [1.82, 2.24) is 4.90 Å². The molecule has 4 N–H and O–H groups in total. The Labute approximate surface area is 104 Å². The topological polar surface area (TPSA) is 72.4 Å². The van der Waals surface area contributed by atoms with Crippen LogP contribution in [0.1, 0.15) is 44.9 Å². The Kier molecular flexibility index (Phi) is 4.40. The van der Waals surface area contributed by atoms with E-state index in [1.165, 1.54) is 25.7 Å². The van der Waals surface area contributed by atoms with Crippen molar-refractivity contribution in [3.8, 4) is 0 Å². The van der Waals surface area contributed by atoms with E-state index in [0.29, 0.717) is 18.4 Å². The second-order valence-electron chi connectivity index (χ2n) is 5.72. The predicted molar refractivity (Wildman–Crippen MR) is 68.3 cm³/mol. The molecule has 17 heavy (non-hydrogen) atoms. The Hall–Kier alpha value is -0.610. The normalized spacial score (nSPS) is 32.5. The average molecular weight is 239 g/mol. The third-order valence-electron chi connectivity index (χ3n) is 4.40. The summed E-state index contributed by atoms with van der Waals surface area (Å²) in [7, 11) is 0. The smallest absolute Gasteiger partial charge is 0.217 e. The molecule has 0 unspecified atom stereocenters. The number of hydrogen-bond donors (Lipinski definition) is 2. The van der Waals surface area contributed by atoms with Crippen LogP contribution in [0.2, 0.25) is 0 Å². The number of amides is 1. The summed E-state index contributed by atoms with van der Waals surface area (Å²) in [5.74, 6) is 0.377. The van der Waals surface area contributed by atoms with Gasteiger partial charge in [0.1, 0.15) is 0 Å². The first-order valence-electron chi connectivity index (χ1n) is 6.93. The molecule has 1 saturated heterocycles. The van der Waals surface area contributed by atoms with Gasteiger partial charge in [-0.1, -0.05) is 0 Å². The summed E-state index contributed by atoms with van der Waals surface area (Å²) < 4.78 is 0. The second kappa shape index (κ2) is 5.83. The fourth-order valence-corrected chi connectivity index (χ4v) is 3.27. The minimum atomic E-state index is -0.146. The van der Waals surface area contributed by atoms with Crippen LogP contribution in [-0.4, -0.2) is 36.0 Å². The van der Waals surface area contributed by atoms with E-state index < -0.39 is 0 Å². The molecule has 98 valence electrons. The highest BCUT2D eigenvalue weighted by atomic mass is 16.1. The van der Waals surface area contributed by atoms with Gasteiger partial charge in [-0.05, 0) is 57.5 Å². The largest absolute Gasteiger partial charge is 0.370 e. The molecule has 0 radical (unpaired) electrons. The SMILES string of the molecule is NC(=O)CC1CCN(C2CCC(N)CC2)CC1. The quantitative estimate of drug-likeness (QED) is 0.766. The Morgan fingerprint density at radius 2 is 1.65 bits per heavy atom. The van der Waals surface area contributed by atoms with Crippen molar-refractivity contribution >= 4 is 5.91 Å². The number of nitrogens with zero attached hydrogens (tertiary/aromatic N) is 1. The lowest BCUT2D eigenvalue weighted by atomic mass is 9.87. The molecule has 0 aromatic carbocycles. The highest BCUT2D eigenvalue weighted by Crippen LogP contribution is 2.27. The van der Waals surface area contributed by atoms with Crippen LogP contribution >= 0.6 is 0 Å². The number of hydrogen-bond acceptors (Lipinski definition) is 3. The van der Waals surface area contributed by atoms with Gasteiger partial charge >= 0.3 is 0 Å². The molecule has 2 fully saturated rings. The van der Waals surface area contributed by atoms with Gasteiger partial charge in [0.2, 0.25) is 5.91 Å². The lowest BCUT2D eigenvalue weighted by Crippen LogP contribution is -2.45.